The highest BCUT2D eigenvalue weighted by molar-refractivity contribution is 6.07. The van der Waals surface area contributed by atoms with Crippen LogP contribution in [0.3, 0.4) is 0 Å². The molecule has 1 aliphatic heterocycles. The Labute approximate surface area is 151 Å². The highest BCUT2D eigenvalue weighted by Crippen LogP contribution is 2.65. The molecule has 2 amide bonds. The molecule has 5 nitrogen and oxygen atoms in total. The molecule has 4 aliphatic carbocycles. The van der Waals surface area contributed by atoms with E-state index in [0.717, 1.165) is 21.5 Å². The number of imide groups is 1. The Bertz CT molecular complexity index is 997. The molecule has 5 aliphatic rings. The molecule has 0 N–H and O–H groups in total. The molecular weight excluding hydrogens is 326 g/mol. The van der Waals surface area contributed by atoms with E-state index in [1.807, 2.05) is 42.1 Å². The third kappa shape index (κ3) is 1.68. The fraction of sp³-hybridized carbons (Fsp3) is 0.381. The molecule has 1 aromatic heterocycles. The monoisotopic (exact) mass is 345 g/mol. The predicted octanol–water partition coefficient (Wildman–Crippen LogP) is 2.57. The number of rotatable bonds is 2. The van der Waals surface area contributed by atoms with Crippen LogP contribution in [0.25, 0.3) is 10.9 Å². The van der Waals surface area contributed by atoms with Gasteiger partial charge in [-0.1, -0.05) is 30.4 Å². The maximum absolute atomic E-state index is 12.9. The van der Waals surface area contributed by atoms with Crippen LogP contribution >= 0.6 is 0 Å². The van der Waals surface area contributed by atoms with E-state index >= 15 is 0 Å². The minimum absolute atomic E-state index is 0.110. The van der Waals surface area contributed by atoms with E-state index in [-0.39, 0.29) is 35.5 Å². The lowest BCUT2D eigenvalue weighted by Gasteiger charge is -2.37. The molecule has 5 heteroatoms. The number of hydrogen-bond acceptors (Lipinski definition) is 3. The summed E-state index contributed by atoms with van der Waals surface area (Å²) in [6.45, 7) is 0. The van der Waals surface area contributed by atoms with Gasteiger partial charge in [0.05, 0.1) is 18.1 Å². The first-order chi connectivity index (χ1) is 12.6. The van der Waals surface area contributed by atoms with E-state index in [4.69, 9.17) is 0 Å². The highest BCUT2D eigenvalue weighted by atomic mass is 16.2. The summed E-state index contributed by atoms with van der Waals surface area (Å²) in [6, 6.07) is 8.05. The lowest BCUT2D eigenvalue weighted by atomic mass is 9.63. The topological polar surface area (TPSA) is 54.7 Å². The van der Waals surface area contributed by atoms with E-state index in [1.54, 1.807) is 6.21 Å². The van der Waals surface area contributed by atoms with E-state index < -0.39 is 0 Å². The summed E-state index contributed by atoms with van der Waals surface area (Å²) in [5.74, 6) is 1.11. The average molecular weight is 345 g/mol. The van der Waals surface area contributed by atoms with Crippen LogP contribution in [0.1, 0.15) is 12.0 Å². The van der Waals surface area contributed by atoms with Gasteiger partial charge in [0.2, 0.25) is 0 Å². The molecule has 0 radical (unpaired) electrons. The quantitative estimate of drug-likeness (QED) is 0.477. The molecule has 2 heterocycles. The second-order valence-electron chi connectivity index (χ2n) is 8.10. The molecule has 0 unspecified atom stereocenters. The number of fused-ring (bicyclic) bond motifs is 1. The number of hydrogen-bond donors (Lipinski definition) is 0. The Morgan fingerprint density at radius 2 is 1.69 bits per heavy atom. The maximum Gasteiger partial charge on any atom is 0.254 e. The van der Waals surface area contributed by atoms with Crippen molar-refractivity contribution in [3.05, 3.63) is 48.2 Å². The summed E-state index contributed by atoms with van der Waals surface area (Å²) in [6.07, 6.45) is 9.18. The largest absolute Gasteiger partial charge is 0.350 e. The zero-order chi connectivity index (χ0) is 17.6. The van der Waals surface area contributed by atoms with Gasteiger partial charge in [-0.25, -0.2) is 0 Å². The molecule has 1 saturated heterocycles. The molecule has 3 fully saturated rings. The number of amides is 2. The fourth-order valence-corrected chi connectivity index (χ4v) is 5.65. The number of allylic oxidation sites excluding steroid dienone is 2. The van der Waals surface area contributed by atoms with E-state index in [2.05, 4.69) is 17.3 Å². The van der Waals surface area contributed by atoms with Crippen molar-refractivity contribution in [3.8, 4) is 0 Å². The lowest BCUT2D eigenvalue weighted by Crippen LogP contribution is -2.40. The Morgan fingerprint density at radius 3 is 2.38 bits per heavy atom. The van der Waals surface area contributed by atoms with Crippen LogP contribution < -0.4 is 0 Å². The molecule has 130 valence electrons. The van der Waals surface area contributed by atoms with Crippen molar-refractivity contribution in [2.75, 3.05) is 0 Å². The standard InChI is InChI=1S/C21H19N3O2/c1-23-10-11(12-4-2-3-5-17(12)23)9-22-24-20(25)18-13-6-7-14(16-8-15(13)16)19(18)21(24)26/h2-7,9-10,13-16,18-19H,8H2,1H3/t13-,14-,15-,16-,18-,19+/m0/s1. The van der Waals surface area contributed by atoms with E-state index in [1.165, 1.54) is 6.42 Å². The van der Waals surface area contributed by atoms with Gasteiger partial charge in [-0.3, -0.25) is 9.59 Å². The highest BCUT2D eigenvalue weighted by Gasteiger charge is 2.67. The number of carbonyl (C=O) groups is 2. The molecule has 1 aromatic carbocycles. The Balaban J connectivity index is 1.36. The molecule has 2 bridgehead atoms. The minimum atomic E-state index is -0.189. The van der Waals surface area contributed by atoms with Crippen LogP contribution in [0.15, 0.2) is 47.7 Å². The van der Waals surface area contributed by atoms with Gasteiger partial charge in [0.25, 0.3) is 11.8 Å². The van der Waals surface area contributed by atoms with Gasteiger partial charge in [0, 0.05) is 29.7 Å². The predicted molar refractivity (Wildman–Crippen MR) is 97.1 cm³/mol. The van der Waals surface area contributed by atoms with Crippen LogP contribution in [0.5, 0.6) is 0 Å². The van der Waals surface area contributed by atoms with Crippen molar-refractivity contribution in [1.29, 1.82) is 0 Å². The summed E-state index contributed by atoms with van der Waals surface area (Å²) in [5.41, 5.74) is 2.02. The summed E-state index contributed by atoms with van der Waals surface area (Å²) >= 11 is 0. The number of hydrazone groups is 1. The van der Waals surface area contributed by atoms with Gasteiger partial charge in [0.1, 0.15) is 0 Å². The molecule has 2 aromatic rings. The SMILES string of the molecule is Cn1cc(C=NN2C(=O)[C@@H]3[C@H]4C=C[C@@H]([C@@H]5C[C@@H]45)[C@@H]3C2=O)c2ccccc21. The minimum Gasteiger partial charge on any atom is -0.350 e. The lowest BCUT2D eigenvalue weighted by molar-refractivity contribution is -0.140. The van der Waals surface area contributed by atoms with Gasteiger partial charge < -0.3 is 4.57 Å². The molecule has 2 saturated carbocycles. The van der Waals surface area contributed by atoms with Gasteiger partial charge in [-0.2, -0.15) is 10.1 Å². The first kappa shape index (κ1) is 14.5. The van der Waals surface area contributed by atoms with Crippen molar-refractivity contribution in [2.24, 2.45) is 47.7 Å². The summed E-state index contributed by atoms with van der Waals surface area (Å²) in [4.78, 5) is 25.9. The first-order valence-electron chi connectivity index (χ1n) is 9.29. The van der Waals surface area contributed by atoms with E-state index in [0.29, 0.717) is 11.8 Å². The van der Waals surface area contributed by atoms with Crippen molar-refractivity contribution >= 4 is 28.9 Å². The Kier molecular flexibility index (Phi) is 2.63. The number of nitrogens with zero attached hydrogens (tertiary/aromatic N) is 3. The third-order valence-corrected chi connectivity index (χ3v) is 6.88. The fourth-order valence-electron chi connectivity index (χ4n) is 5.65. The zero-order valence-corrected chi connectivity index (χ0v) is 14.4. The molecule has 0 spiro atoms. The second kappa shape index (κ2) is 4.72. The number of benzene rings is 1. The maximum atomic E-state index is 12.9. The van der Waals surface area contributed by atoms with Gasteiger partial charge in [-0.05, 0) is 36.2 Å². The summed E-state index contributed by atoms with van der Waals surface area (Å²) in [5, 5.41) is 6.56. The van der Waals surface area contributed by atoms with E-state index in [9.17, 15) is 9.59 Å². The molecule has 7 rings (SSSR count). The van der Waals surface area contributed by atoms with Crippen LogP contribution in [-0.2, 0) is 16.6 Å². The average Bonchev–Trinajstić information content (AvgIpc) is 3.37. The number of para-hydroxylation sites is 1. The zero-order valence-electron chi connectivity index (χ0n) is 14.4. The van der Waals surface area contributed by atoms with Crippen LogP contribution in [0.2, 0.25) is 0 Å². The van der Waals surface area contributed by atoms with Crippen LogP contribution in [0.4, 0.5) is 0 Å². The van der Waals surface area contributed by atoms with Crippen LogP contribution in [-0.4, -0.2) is 27.6 Å². The van der Waals surface area contributed by atoms with Gasteiger partial charge >= 0.3 is 0 Å². The number of carbonyl (C=O) groups excluding carboxylic acids is 2. The summed E-state index contributed by atoms with van der Waals surface area (Å²) < 4.78 is 2.03. The first-order valence-corrected chi connectivity index (χ1v) is 9.29. The van der Waals surface area contributed by atoms with Crippen molar-refractivity contribution in [3.63, 3.8) is 0 Å². The molecular formula is C21H19N3O2. The number of aryl methyl sites for hydroxylation is 1. The normalized spacial score (nSPS) is 37.0. The van der Waals surface area contributed by atoms with Crippen LogP contribution in [0, 0.1) is 35.5 Å². The number of aromatic nitrogens is 1. The smallest absolute Gasteiger partial charge is 0.254 e. The molecule has 6 atom stereocenters. The Morgan fingerprint density at radius 1 is 1.04 bits per heavy atom. The molecule has 26 heavy (non-hydrogen) atoms. The van der Waals surface area contributed by atoms with Crippen molar-refractivity contribution < 1.29 is 9.59 Å². The van der Waals surface area contributed by atoms with Crippen molar-refractivity contribution in [2.45, 2.75) is 6.42 Å². The second-order valence-corrected chi connectivity index (χ2v) is 8.10. The van der Waals surface area contributed by atoms with Gasteiger partial charge in [0.15, 0.2) is 0 Å². The third-order valence-electron chi connectivity index (χ3n) is 6.88. The van der Waals surface area contributed by atoms with Gasteiger partial charge in [-0.15, -0.1) is 0 Å². The Hall–Kier alpha value is -2.69. The summed E-state index contributed by atoms with van der Waals surface area (Å²) in [7, 11) is 1.98. The van der Waals surface area contributed by atoms with Crippen molar-refractivity contribution in [1.82, 2.24) is 9.58 Å².